The van der Waals surface area contributed by atoms with Crippen LogP contribution in [0.1, 0.15) is 20.8 Å². The minimum atomic E-state index is 0.0344. The highest BCUT2D eigenvalue weighted by atomic mass is 35.5. The molecule has 24 heavy (non-hydrogen) atoms. The van der Waals surface area contributed by atoms with Crippen LogP contribution in [-0.2, 0) is 11.2 Å². The Hall–Kier alpha value is -1.85. The van der Waals surface area contributed by atoms with Crippen LogP contribution in [0.25, 0.3) is 0 Å². The molecule has 0 atom stereocenters. The van der Waals surface area contributed by atoms with Crippen molar-refractivity contribution in [2.75, 3.05) is 26.2 Å². The first kappa shape index (κ1) is 17.0. The maximum atomic E-state index is 12.5. The van der Waals surface area contributed by atoms with E-state index in [0.717, 1.165) is 10.4 Å². The van der Waals surface area contributed by atoms with E-state index < -0.39 is 0 Å². The number of aryl methyl sites for hydroxylation is 1. The average molecular weight is 363 g/mol. The van der Waals surface area contributed by atoms with Crippen molar-refractivity contribution in [1.82, 2.24) is 9.80 Å². The third-order valence-corrected chi connectivity index (χ3v) is 5.40. The molecule has 0 N–H and O–H groups in total. The number of hydrogen-bond donors (Lipinski definition) is 0. The molecule has 1 aliphatic heterocycles. The van der Waals surface area contributed by atoms with Crippen LogP contribution in [0.2, 0.25) is 4.34 Å². The predicted molar refractivity (Wildman–Crippen MR) is 96.7 cm³/mol. The van der Waals surface area contributed by atoms with E-state index in [4.69, 9.17) is 11.6 Å². The van der Waals surface area contributed by atoms with Gasteiger partial charge in [0.25, 0.3) is 5.91 Å². The lowest BCUT2D eigenvalue weighted by atomic mass is 10.1. The van der Waals surface area contributed by atoms with Gasteiger partial charge in [-0.05, 0) is 31.2 Å². The van der Waals surface area contributed by atoms with E-state index in [9.17, 15) is 9.59 Å². The Kier molecular flexibility index (Phi) is 5.21. The summed E-state index contributed by atoms with van der Waals surface area (Å²) in [5.74, 6) is 0.128. The van der Waals surface area contributed by atoms with Crippen molar-refractivity contribution < 1.29 is 9.59 Å². The van der Waals surface area contributed by atoms with Gasteiger partial charge >= 0.3 is 0 Å². The second kappa shape index (κ2) is 7.36. The fourth-order valence-electron chi connectivity index (χ4n) is 2.75. The first-order valence-corrected chi connectivity index (χ1v) is 9.10. The molecule has 2 aromatic rings. The molecule has 2 amide bonds. The van der Waals surface area contributed by atoms with Crippen molar-refractivity contribution in [2.24, 2.45) is 0 Å². The van der Waals surface area contributed by atoms with Gasteiger partial charge in [0.15, 0.2) is 0 Å². The second-order valence-corrected chi connectivity index (χ2v) is 7.72. The summed E-state index contributed by atoms with van der Waals surface area (Å²) in [5.41, 5.74) is 1.84. The standard InChI is InChI=1S/C18H19ClN2O2S/c1-13-2-4-14(5-3-13)18(23)21-10-8-20(9-11-21)17(22)12-15-6-7-16(19)24-15/h2-7H,8-12H2,1H3. The molecule has 4 nitrogen and oxygen atoms in total. The molecule has 1 aromatic heterocycles. The Bertz CT molecular complexity index is 734. The highest BCUT2D eigenvalue weighted by Crippen LogP contribution is 2.22. The van der Waals surface area contributed by atoms with Crippen molar-refractivity contribution >= 4 is 34.8 Å². The lowest BCUT2D eigenvalue weighted by molar-refractivity contribution is -0.131. The van der Waals surface area contributed by atoms with Gasteiger partial charge in [0.1, 0.15) is 0 Å². The lowest BCUT2D eigenvalue weighted by Gasteiger charge is -2.34. The summed E-state index contributed by atoms with van der Waals surface area (Å²) in [6.45, 7) is 4.30. The molecule has 2 heterocycles. The molecule has 6 heteroatoms. The molecule has 0 saturated carbocycles. The van der Waals surface area contributed by atoms with E-state index in [1.54, 1.807) is 0 Å². The quantitative estimate of drug-likeness (QED) is 0.841. The maximum absolute atomic E-state index is 12.5. The van der Waals surface area contributed by atoms with Crippen molar-refractivity contribution in [3.05, 3.63) is 56.7 Å². The van der Waals surface area contributed by atoms with E-state index in [0.29, 0.717) is 42.5 Å². The lowest BCUT2D eigenvalue weighted by Crippen LogP contribution is -2.50. The molecule has 1 aliphatic rings. The molecule has 0 bridgehead atoms. The van der Waals surface area contributed by atoms with Crippen molar-refractivity contribution in [3.8, 4) is 0 Å². The van der Waals surface area contributed by atoms with Crippen LogP contribution in [0, 0.1) is 6.92 Å². The number of carbonyl (C=O) groups is 2. The molecule has 1 saturated heterocycles. The highest BCUT2D eigenvalue weighted by Gasteiger charge is 2.25. The van der Waals surface area contributed by atoms with Gasteiger partial charge in [0.2, 0.25) is 5.91 Å². The Labute approximate surface area is 150 Å². The molecule has 1 fully saturated rings. The number of nitrogens with zero attached hydrogens (tertiary/aromatic N) is 2. The Morgan fingerprint density at radius 3 is 2.21 bits per heavy atom. The van der Waals surface area contributed by atoms with E-state index in [1.165, 1.54) is 11.3 Å². The second-order valence-electron chi connectivity index (χ2n) is 5.92. The molecule has 0 spiro atoms. The molecule has 0 unspecified atom stereocenters. The molecule has 0 radical (unpaired) electrons. The van der Waals surface area contributed by atoms with Crippen LogP contribution < -0.4 is 0 Å². The van der Waals surface area contributed by atoms with Gasteiger partial charge in [-0.15, -0.1) is 11.3 Å². The van der Waals surface area contributed by atoms with Crippen molar-refractivity contribution in [3.63, 3.8) is 0 Å². The van der Waals surface area contributed by atoms with Crippen LogP contribution in [0.4, 0.5) is 0 Å². The normalized spacial score (nSPS) is 14.8. The number of hydrogen-bond acceptors (Lipinski definition) is 3. The van der Waals surface area contributed by atoms with Crippen LogP contribution >= 0.6 is 22.9 Å². The minimum Gasteiger partial charge on any atom is -0.339 e. The highest BCUT2D eigenvalue weighted by molar-refractivity contribution is 7.16. The van der Waals surface area contributed by atoms with Gasteiger partial charge in [-0.3, -0.25) is 9.59 Å². The average Bonchev–Trinajstić information content (AvgIpc) is 3.00. The first-order valence-electron chi connectivity index (χ1n) is 7.91. The number of rotatable bonds is 3. The number of thiophene rings is 1. The molecular formula is C18H19ClN2O2S. The molecule has 3 rings (SSSR count). The largest absolute Gasteiger partial charge is 0.339 e. The number of amides is 2. The van der Waals surface area contributed by atoms with Gasteiger partial charge in [-0.25, -0.2) is 0 Å². The summed E-state index contributed by atoms with van der Waals surface area (Å²) in [6.07, 6.45) is 0.378. The third kappa shape index (κ3) is 3.97. The van der Waals surface area contributed by atoms with Crippen LogP contribution in [-0.4, -0.2) is 47.8 Å². The van der Waals surface area contributed by atoms with Gasteiger partial charge in [-0.1, -0.05) is 29.3 Å². The molecule has 126 valence electrons. The Morgan fingerprint density at radius 2 is 1.62 bits per heavy atom. The van der Waals surface area contributed by atoms with Crippen LogP contribution in [0.15, 0.2) is 36.4 Å². The van der Waals surface area contributed by atoms with Gasteiger partial charge < -0.3 is 9.80 Å². The van der Waals surface area contributed by atoms with E-state index in [2.05, 4.69) is 0 Å². The zero-order valence-corrected chi connectivity index (χ0v) is 15.1. The van der Waals surface area contributed by atoms with Crippen molar-refractivity contribution in [2.45, 2.75) is 13.3 Å². The Balaban J connectivity index is 1.54. The summed E-state index contributed by atoms with van der Waals surface area (Å²) < 4.78 is 0.700. The minimum absolute atomic E-state index is 0.0344. The van der Waals surface area contributed by atoms with Crippen LogP contribution in [0.3, 0.4) is 0 Å². The first-order chi connectivity index (χ1) is 11.5. The SMILES string of the molecule is Cc1ccc(C(=O)N2CCN(C(=O)Cc3ccc(Cl)s3)CC2)cc1. The molecular weight excluding hydrogens is 344 g/mol. The summed E-state index contributed by atoms with van der Waals surface area (Å²) in [7, 11) is 0. The summed E-state index contributed by atoms with van der Waals surface area (Å²) in [5, 5.41) is 0. The van der Waals surface area contributed by atoms with Crippen LogP contribution in [0.5, 0.6) is 0 Å². The topological polar surface area (TPSA) is 40.6 Å². The fourth-order valence-corrected chi connectivity index (χ4v) is 3.82. The fraction of sp³-hybridized carbons (Fsp3) is 0.333. The van der Waals surface area contributed by atoms with Gasteiger partial charge in [0.05, 0.1) is 10.8 Å². The number of piperazine rings is 1. The number of halogens is 1. The molecule has 0 aliphatic carbocycles. The zero-order valence-electron chi connectivity index (χ0n) is 13.5. The third-order valence-electron chi connectivity index (χ3n) is 4.17. The molecule has 1 aromatic carbocycles. The van der Waals surface area contributed by atoms with Gasteiger partial charge in [-0.2, -0.15) is 0 Å². The monoisotopic (exact) mass is 362 g/mol. The summed E-state index contributed by atoms with van der Waals surface area (Å²) in [6, 6.07) is 11.3. The zero-order chi connectivity index (χ0) is 17.1. The smallest absolute Gasteiger partial charge is 0.253 e. The summed E-state index contributed by atoms with van der Waals surface area (Å²) >= 11 is 7.34. The predicted octanol–water partition coefficient (Wildman–Crippen LogP) is 3.24. The maximum Gasteiger partial charge on any atom is 0.253 e. The van der Waals surface area contributed by atoms with E-state index in [-0.39, 0.29) is 11.8 Å². The number of benzene rings is 1. The number of carbonyl (C=O) groups excluding carboxylic acids is 2. The van der Waals surface area contributed by atoms with Crippen molar-refractivity contribution in [1.29, 1.82) is 0 Å². The Morgan fingerprint density at radius 1 is 1.00 bits per heavy atom. The van der Waals surface area contributed by atoms with E-state index in [1.807, 2.05) is 53.1 Å². The summed E-state index contributed by atoms with van der Waals surface area (Å²) in [4.78, 5) is 29.5. The van der Waals surface area contributed by atoms with Gasteiger partial charge in [0, 0.05) is 36.6 Å². The van der Waals surface area contributed by atoms with E-state index >= 15 is 0 Å².